The second-order valence-corrected chi connectivity index (χ2v) is 5.35. The van der Waals surface area contributed by atoms with Gasteiger partial charge in [0.1, 0.15) is 17.4 Å². The lowest BCUT2D eigenvalue weighted by Gasteiger charge is -2.11. The number of rotatable bonds is 4. The number of ether oxygens (including phenoxy) is 1. The van der Waals surface area contributed by atoms with Crippen LogP contribution in [0.5, 0.6) is 11.6 Å². The Morgan fingerprint density at radius 3 is 2.45 bits per heavy atom. The summed E-state index contributed by atoms with van der Waals surface area (Å²) in [7, 11) is 1.80. The maximum absolute atomic E-state index is 5.96. The number of benzene rings is 1. The topological polar surface area (TPSA) is 47.0 Å². The van der Waals surface area contributed by atoms with Gasteiger partial charge in [0.2, 0.25) is 5.88 Å². The van der Waals surface area contributed by atoms with Gasteiger partial charge in [-0.2, -0.15) is 4.98 Å². The summed E-state index contributed by atoms with van der Waals surface area (Å²) in [5, 5.41) is 3.92. The number of nitrogens with zero attached hydrogens (tertiary/aromatic N) is 2. The number of nitrogens with one attached hydrogen (secondary N) is 1. The van der Waals surface area contributed by atoms with Crippen LogP contribution in [0.1, 0.15) is 25.6 Å². The fourth-order valence-corrected chi connectivity index (χ4v) is 1.83. The van der Waals surface area contributed by atoms with Gasteiger partial charge in [-0.15, -0.1) is 0 Å². The molecule has 2 rings (SSSR count). The van der Waals surface area contributed by atoms with E-state index in [-0.39, 0.29) is 5.92 Å². The van der Waals surface area contributed by atoms with E-state index in [4.69, 9.17) is 27.9 Å². The Morgan fingerprint density at radius 1 is 1.10 bits per heavy atom. The minimum absolute atomic E-state index is 0.208. The van der Waals surface area contributed by atoms with E-state index in [2.05, 4.69) is 15.3 Å². The Morgan fingerprint density at radius 2 is 1.85 bits per heavy atom. The Bertz CT molecular complexity index is 617. The van der Waals surface area contributed by atoms with Gasteiger partial charge in [-0.1, -0.05) is 37.0 Å². The predicted octanol–water partition coefficient (Wildman–Crippen LogP) is 4.74. The average Bonchev–Trinajstić information content (AvgIpc) is 2.42. The zero-order valence-corrected chi connectivity index (χ0v) is 13.0. The summed E-state index contributed by atoms with van der Waals surface area (Å²) in [5.74, 6) is 2.67. The van der Waals surface area contributed by atoms with Crippen molar-refractivity contribution in [2.24, 2.45) is 0 Å². The lowest BCUT2D eigenvalue weighted by molar-refractivity contribution is 0.457. The molecule has 0 fully saturated rings. The van der Waals surface area contributed by atoms with E-state index in [1.807, 2.05) is 13.8 Å². The third-order valence-corrected chi connectivity index (χ3v) is 3.34. The molecular weight excluding hydrogens is 297 g/mol. The maximum atomic E-state index is 5.96. The molecule has 0 aliphatic carbocycles. The molecular formula is C14H15Cl2N3O. The lowest BCUT2D eigenvalue weighted by Crippen LogP contribution is -2.03. The van der Waals surface area contributed by atoms with E-state index < -0.39 is 0 Å². The van der Waals surface area contributed by atoms with Gasteiger partial charge in [0.05, 0.1) is 10.0 Å². The highest BCUT2D eigenvalue weighted by molar-refractivity contribution is 6.42. The number of anilines is 1. The van der Waals surface area contributed by atoms with E-state index >= 15 is 0 Å². The van der Waals surface area contributed by atoms with Crippen LogP contribution >= 0.6 is 23.2 Å². The fourth-order valence-electron chi connectivity index (χ4n) is 1.54. The predicted molar refractivity (Wildman–Crippen MR) is 82.2 cm³/mol. The van der Waals surface area contributed by atoms with E-state index in [1.165, 1.54) is 0 Å². The van der Waals surface area contributed by atoms with E-state index in [0.29, 0.717) is 33.3 Å². The van der Waals surface area contributed by atoms with Gasteiger partial charge in [-0.25, -0.2) is 4.98 Å². The number of hydrogen-bond acceptors (Lipinski definition) is 4. The summed E-state index contributed by atoms with van der Waals surface area (Å²) in [6.07, 6.45) is 0. The molecule has 1 aromatic carbocycles. The molecule has 0 spiro atoms. The smallest absolute Gasteiger partial charge is 0.224 e. The average molecular weight is 312 g/mol. The van der Waals surface area contributed by atoms with Crippen LogP contribution in [-0.4, -0.2) is 17.0 Å². The first-order chi connectivity index (χ1) is 9.49. The van der Waals surface area contributed by atoms with Crippen molar-refractivity contribution in [1.82, 2.24) is 9.97 Å². The first-order valence-corrected chi connectivity index (χ1v) is 6.95. The minimum atomic E-state index is 0.208. The van der Waals surface area contributed by atoms with Crippen LogP contribution in [0.15, 0.2) is 24.3 Å². The second-order valence-electron chi connectivity index (χ2n) is 4.53. The molecule has 0 radical (unpaired) electrons. The van der Waals surface area contributed by atoms with Crippen LogP contribution in [0.3, 0.4) is 0 Å². The normalized spacial score (nSPS) is 10.7. The molecule has 1 heterocycles. The van der Waals surface area contributed by atoms with E-state index in [9.17, 15) is 0 Å². The first kappa shape index (κ1) is 14.9. The summed E-state index contributed by atoms with van der Waals surface area (Å²) >= 11 is 11.8. The quantitative estimate of drug-likeness (QED) is 0.885. The lowest BCUT2D eigenvalue weighted by atomic mass is 10.2. The Kier molecular flexibility index (Phi) is 4.68. The highest BCUT2D eigenvalue weighted by atomic mass is 35.5. The third-order valence-electron chi connectivity index (χ3n) is 2.61. The second kappa shape index (κ2) is 6.29. The molecule has 6 heteroatoms. The maximum Gasteiger partial charge on any atom is 0.224 e. The summed E-state index contributed by atoms with van der Waals surface area (Å²) in [6.45, 7) is 4.05. The van der Waals surface area contributed by atoms with Gasteiger partial charge in [-0.3, -0.25) is 0 Å². The summed E-state index contributed by atoms with van der Waals surface area (Å²) in [5.41, 5.74) is 0. The van der Waals surface area contributed by atoms with Crippen molar-refractivity contribution >= 4 is 29.0 Å². The molecule has 106 valence electrons. The van der Waals surface area contributed by atoms with Gasteiger partial charge >= 0.3 is 0 Å². The number of halogens is 2. The molecule has 0 aliphatic rings. The molecule has 0 unspecified atom stereocenters. The van der Waals surface area contributed by atoms with Crippen molar-refractivity contribution in [3.63, 3.8) is 0 Å². The molecule has 0 saturated heterocycles. The number of hydrogen-bond donors (Lipinski definition) is 1. The van der Waals surface area contributed by atoms with Gasteiger partial charge in [0.15, 0.2) is 0 Å². The summed E-state index contributed by atoms with van der Waals surface area (Å²) in [4.78, 5) is 8.75. The largest absolute Gasteiger partial charge is 0.439 e. The van der Waals surface area contributed by atoms with E-state index in [1.54, 1.807) is 31.3 Å². The number of aromatic nitrogens is 2. The summed E-state index contributed by atoms with van der Waals surface area (Å²) in [6, 6.07) is 6.81. The van der Waals surface area contributed by atoms with Crippen molar-refractivity contribution in [2.45, 2.75) is 19.8 Å². The molecule has 4 nitrogen and oxygen atoms in total. The van der Waals surface area contributed by atoms with Crippen molar-refractivity contribution < 1.29 is 4.74 Å². The highest BCUT2D eigenvalue weighted by Gasteiger charge is 2.09. The fraction of sp³-hybridized carbons (Fsp3) is 0.286. The van der Waals surface area contributed by atoms with Crippen molar-refractivity contribution in [1.29, 1.82) is 0 Å². The molecule has 0 bridgehead atoms. The van der Waals surface area contributed by atoms with Crippen LogP contribution < -0.4 is 10.1 Å². The van der Waals surface area contributed by atoms with Crippen molar-refractivity contribution in [3.8, 4) is 11.6 Å². The molecule has 1 N–H and O–H groups in total. The molecule has 0 saturated carbocycles. The van der Waals surface area contributed by atoms with Crippen LogP contribution in [0.25, 0.3) is 0 Å². The summed E-state index contributed by atoms with van der Waals surface area (Å²) < 4.78 is 5.71. The standard InChI is InChI=1S/C14H15Cl2N3O/c1-8(2)14-18-12(17-3)7-13(19-14)20-9-4-5-10(15)11(16)6-9/h4-8H,1-3H3,(H,17,18,19). The van der Waals surface area contributed by atoms with Gasteiger partial charge in [0, 0.05) is 25.1 Å². The van der Waals surface area contributed by atoms with Gasteiger partial charge in [-0.05, 0) is 12.1 Å². The first-order valence-electron chi connectivity index (χ1n) is 6.19. The molecule has 2 aromatic rings. The van der Waals surface area contributed by atoms with Crippen LogP contribution in [-0.2, 0) is 0 Å². The van der Waals surface area contributed by atoms with Gasteiger partial charge < -0.3 is 10.1 Å². The Labute approximate surface area is 128 Å². The minimum Gasteiger partial charge on any atom is -0.439 e. The van der Waals surface area contributed by atoms with Crippen LogP contribution in [0, 0.1) is 0 Å². The Hall–Kier alpha value is -1.52. The van der Waals surface area contributed by atoms with Crippen molar-refractivity contribution in [2.75, 3.05) is 12.4 Å². The Balaban J connectivity index is 2.32. The molecule has 0 aliphatic heterocycles. The third kappa shape index (κ3) is 3.52. The van der Waals surface area contributed by atoms with E-state index in [0.717, 1.165) is 0 Å². The molecule has 0 amide bonds. The zero-order chi connectivity index (χ0) is 14.7. The van der Waals surface area contributed by atoms with Crippen molar-refractivity contribution in [3.05, 3.63) is 40.1 Å². The van der Waals surface area contributed by atoms with Crippen LogP contribution in [0.4, 0.5) is 5.82 Å². The molecule has 1 aromatic heterocycles. The molecule has 0 atom stereocenters. The van der Waals surface area contributed by atoms with Crippen LogP contribution in [0.2, 0.25) is 10.0 Å². The monoisotopic (exact) mass is 311 g/mol. The zero-order valence-electron chi connectivity index (χ0n) is 11.4. The molecule has 20 heavy (non-hydrogen) atoms. The van der Waals surface area contributed by atoms with Gasteiger partial charge in [0.25, 0.3) is 0 Å². The SMILES string of the molecule is CNc1cc(Oc2ccc(Cl)c(Cl)c2)nc(C(C)C)n1. The highest BCUT2D eigenvalue weighted by Crippen LogP contribution is 2.29.